The van der Waals surface area contributed by atoms with E-state index in [4.69, 9.17) is 0 Å². The molecule has 2 heteroatoms. The van der Waals surface area contributed by atoms with E-state index in [1.54, 1.807) is 6.08 Å². The largest absolute Gasteiger partial charge is 0.389 e. The summed E-state index contributed by atoms with van der Waals surface area (Å²) in [6.45, 7) is 1.95. The van der Waals surface area contributed by atoms with Crippen LogP contribution in [0.2, 0.25) is 6.32 Å². The summed E-state index contributed by atoms with van der Waals surface area (Å²) in [4.78, 5) is 0. The van der Waals surface area contributed by atoms with Crippen LogP contribution >= 0.6 is 0 Å². The summed E-state index contributed by atoms with van der Waals surface area (Å²) in [6.07, 6.45) is 13.0. The van der Waals surface area contributed by atoms with Crippen molar-refractivity contribution in [2.24, 2.45) is 0 Å². The Hall–Kier alpha value is -0.755. The van der Waals surface area contributed by atoms with Crippen molar-refractivity contribution in [3.63, 3.8) is 0 Å². The topological polar surface area (TPSA) is 20.2 Å². The number of rotatable bonds is 5. The monoisotopic (exact) mass is 164 g/mol. The molecule has 0 rings (SSSR count). The fourth-order valence-corrected chi connectivity index (χ4v) is 0.761. The molecule has 1 nitrogen and oxygen atoms in total. The minimum absolute atomic E-state index is 0.345. The Labute approximate surface area is 75.9 Å². The maximum absolute atomic E-state index is 9.31. The highest BCUT2D eigenvalue weighted by atomic mass is 16.3. The lowest BCUT2D eigenvalue weighted by Crippen LogP contribution is -1.98. The maximum atomic E-state index is 9.31. The minimum atomic E-state index is -0.345. The first-order chi connectivity index (χ1) is 5.81. The van der Waals surface area contributed by atoms with Gasteiger partial charge in [-0.25, -0.2) is 0 Å². The highest BCUT2D eigenvalue weighted by Crippen LogP contribution is 1.95. The molecule has 0 aliphatic heterocycles. The van der Waals surface area contributed by atoms with Crippen LogP contribution in [0.3, 0.4) is 0 Å². The molecule has 0 aliphatic carbocycles. The van der Waals surface area contributed by atoms with Gasteiger partial charge in [-0.15, -0.1) is 0 Å². The molecule has 0 spiro atoms. The van der Waals surface area contributed by atoms with Gasteiger partial charge in [-0.2, -0.15) is 0 Å². The van der Waals surface area contributed by atoms with E-state index in [2.05, 4.69) is 13.9 Å². The summed E-state index contributed by atoms with van der Waals surface area (Å²) < 4.78 is 0. The maximum Gasteiger partial charge on any atom is 0.106 e. The molecule has 0 radical (unpaired) electrons. The van der Waals surface area contributed by atoms with Gasteiger partial charge in [0.2, 0.25) is 0 Å². The fraction of sp³-hybridized carbons (Fsp3) is 0.400. The van der Waals surface area contributed by atoms with Crippen molar-refractivity contribution in [2.45, 2.75) is 25.8 Å². The van der Waals surface area contributed by atoms with Gasteiger partial charge in [-0.3, -0.25) is 0 Å². The molecule has 0 saturated heterocycles. The SMILES string of the molecule is BC/C=C\C=C\[C@@H](O)C/C=C\C. The highest BCUT2D eigenvalue weighted by molar-refractivity contribution is 6.09. The van der Waals surface area contributed by atoms with Crippen LogP contribution in [-0.4, -0.2) is 19.1 Å². The molecular weight excluding hydrogens is 147 g/mol. The fourth-order valence-electron chi connectivity index (χ4n) is 0.761. The van der Waals surface area contributed by atoms with Crippen LogP contribution in [0.15, 0.2) is 36.5 Å². The van der Waals surface area contributed by atoms with E-state index in [1.807, 2.05) is 31.2 Å². The second kappa shape index (κ2) is 8.34. The van der Waals surface area contributed by atoms with Gasteiger partial charge < -0.3 is 5.11 Å². The van der Waals surface area contributed by atoms with Crippen molar-refractivity contribution in [2.75, 3.05) is 0 Å². The molecule has 1 atom stereocenters. The summed E-state index contributed by atoms with van der Waals surface area (Å²) in [5.74, 6) is 0. The summed E-state index contributed by atoms with van der Waals surface area (Å²) in [5, 5.41) is 9.31. The lowest BCUT2D eigenvalue weighted by atomic mass is 10.1. The van der Waals surface area contributed by atoms with E-state index >= 15 is 0 Å². The normalized spacial score (nSPS) is 15.2. The second-order valence-corrected chi connectivity index (χ2v) is 2.59. The Morgan fingerprint density at radius 1 is 1.33 bits per heavy atom. The van der Waals surface area contributed by atoms with Crippen LogP contribution in [0.4, 0.5) is 0 Å². The third-order valence-electron chi connectivity index (χ3n) is 1.43. The Morgan fingerprint density at radius 3 is 2.67 bits per heavy atom. The smallest absolute Gasteiger partial charge is 0.106 e. The van der Waals surface area contributed by atoms with Crippen molar-refractivity contribution < 1.29 is 5.11 Å². The predicted octanol–water partition coefficient (Wildman–Crippen LogP) is 1.48. The van der Waals surface area contributed by atoms with Crippen molar-refractivity contribution in [3.8, 4) is 0 Å². The molecule has 0 aromatic rings. The zero-order valence-corrected chi connectivity index (χ0v) is 7.90. The second-order valence-electron chi connectivity index (χ2n) is 2.59. The van der Waals surface area contributed by atoms with Gasteiger partial charge in [0.1, 0.15) is 7.85 Å². The lowest BCUT2D eigenvalue weighted by molar-refractivity contribution is 0.227. The van der Waals surface area contributed by atoms with Gasteiger partial charge >= 0.3 is 0 Å². The number of aliphatic hydroxyl groups is 1. The molecule has 0 bridgehead atoms. The number of hydrogen-bond acceptors (Lipinski definition) is 1. The van der Waals surface area contributed by atoms with Crippen LogP contribution in [0.25, 0.3) is 0 Å². The third kappa shape index (κ3) is 7.35. The van der Waals surface area contributed by atoms with E-state index in [1.165, 1.54) is 0 Å². The number of hydrogen-bond donors (Lipinski definition) is 1. The Morgan fingerprint density at radius 2 is 2.08 bits per heavy atom. The van der Waals surface area contributed by atoms with Crippen molar-refractivity contribution >= 4 is 7.85 Å². The van der Waals surface area contributed by atoms with Crippen LogP contribution in [-0.2, 0) is 0 Å². The van der Waals surface area contributed by atoms with Gasteiger partial charge in [-0.1, -0.05) is 42.8 Å². The summed E-state index contributed by atoms with van der Waals surface area (Å²) in [6, 6.07) is 0. The van der Waals surface area contributed by atoms with E-state index in [9.17, 15) is 5.11 Å². The van der Waals surface area contributed by atoms with Crippen molar-refractivity contribution in [3.05, 3.63) is 36.5 Å². The van der Waals surface area contributed by atoms with Crippen molar-refractivity contribution in [1.82, 2.24) is 0 Å². The molecule has 0 aromatic carbocycles. The molecule has 0 unspecified atom stereocenters. The van der Waals surface area contributed by atoms with Crippen LogP contribution in [0.1, 0.15) is 13.3 Å². The average Bonchev–Trinajstić information content (AvgIpc) is 2.09. The summed E-state index contributed by atoms with van der Waals surface area (Å²) >= 11 is 0. The highest BCUT2D eigenvalue weighted by Gasteiger charge is 1.91. The number of aliphatic hydroxyl groups excluding tert-OH is 1. The molecule has 0 fully saturated rings. The van der Waals surface area contributed by atoms with E-state index in [-0.39, 0.29) is 6.10 Å². The van der Waals surface area contributed by atoms with E-state index in [0.717, 1.165) is 6.32 Å². The number of allylic oxidation sites excluding steroid dienone is 4. The lowest BCUT2D eigenvalue weighted by Gasteiger charge is -1.97. The van der Waals surface area contributed by atoms with Crippen LogP contribution in [0.5, 0.6) is 0 Å². The zero-order chi connectivity index (χ0) is 9.23. The minimum Gasteiger partial charge on any atom is -0.389 e. The molecule has 0 amide bonds. The van der Waals surface area contributed by atoms with Gasteiger partial charge in [0.25, 0.3) is 0 Å². The molecule has 0 aliphatic rings. The predicted molar refractivity (Wildman–Crippen MR) is 57.1 cm³/mol. The first-order valence-electron chi connectivity index (χ1n) is 4.43. The molecule has 0 heterocycles. The average molecular weight is 164 g/mol. The zero-order valence-electron chi connectivity index (χ0n) is 7.90. The Kier molecular flexibility index (Phi) is 7.82. The van der Waals surface area contributed by atoms with Crippen molar-refractivity contribution in [1.29, 1.82) is 0 Å². The Balaban J connectivity index is 3.59. The van der Waals surface area contributed by atoms with Gasteiger partial charge in [0.05, 0.1) is 6.10 Å². The van der Waals surface area contributed by atoms with E-state index < -0.39 is 0 Å². The first-order valence-corrected chi connectivity index (χ1v) is 4.43. The third-order valence-corrected chi connectivity index (χ3v) is 1.43. The molecular formula is C10H17BO. The first kappa shape index (κ1) is 11.2. The molecule has 0 aromatic heterocycles. The van der Waals surface area contributed by atoms with Gasteiger partial charge in [-0.05, 0) is 13.3 Å². The molecule has 0 saturated carbocycles. The quantitative estimate of drug-likeness (QED) is 0.370. The molecule has 1 N–H and O–H groups in total. The Bertz CT molecular complexity index is 171. The van der Waals surface area contributed by atoms with Crippen LogP contribution < -0.4 is 0 Å². The van der Waals surface area contributed by atoms with E-state index in [0.29, 0.717) is 6.42 Å². The van der Waals surface area contributed by atoms with Gasteiger partial charge in [0, 0.05) is 0 Å². The summed E-state index contributed by atoms with van der Waals surface area (Å²) in [5.41, 5.74) is 0. The van der Waals surface area contributed by atoms with Crippen LogP contribution in [0, 0.1) is 0 Å². The standard InChI is InChI=1S/C10H17BO/c1-2-3-7-10(12)8-5-4-6-9-11/h2-6,8,10,12H,7,9,11H2,1H3/b3-2-,6-4-,8-5+/t10-/m0/s1. The molecule has 12 heavy (non-hydrogen) atoms. The molecule has 66 valence electrons. The summed E-state index contributed by atoms with van der Waals surface area (Å²) in [7, 11) is 2.08. The van der Waals surface area contributed by atoms with Gasteiger partial charge in [0.15, 0.2) is 0 Å².